The van der Waals surface area contributed by atoms with Crippen LogP contribution in [0, 0.1) is 12.7 Å². The first kappa shape index (κ1) is 9.66. The van der Waals surface area contributed by atoms with Gasteiger partial charge in [0.05, 0.1) is 0 Å². The van der Waals surface area contributed by atoms with Crippen molar-refractivity contribution >= 4 is 0 Å². The molecule has 1 aromatic rings. The minimum absolute atomic E-state index is 0.0113. The fourth-order valence-corrected chi connectivity index (χ4v) is 2.04. The Kier molecular flexibility index (Phi) is 2.31. The molecule has 1 saturated carbocycles. The molecule has 2 N–H and O–H groups in total. The van der Waals surface area contributed by atoms with Gasteiger partial charge < -0.3 is 5.73 Å². The van der Waals surface area contributed by atoms with E-state index >= 15 is 0 Å². The van der Waals surface area contributed by atoms with E-state index in [-0.39, 0.29) is 11.4 Å². The molecule has 0 aromatic heterocycles. The Balaban J connectivity index is 2.16. The Labute approximate surface area is 84.1 Å². The smallest absolute Gasteiger partial charge is 0.123 e. The minimum Gasteiger partial charge on any atom is -0.325 e. The Morgan fingerprint density at radius 1 is 1.43 bits per heavy atom. The summed E-state index contributed by atoms with van der Waals surface area (Å²) in [5.41, 5.74) is 8.34. The van der Waals surface area contributed by atoms with Gasteiger partial charge in [-0.05, 0) is 55.9 Å². The molecule has 0 atom stereocenters. The zero-order valence-corrected chi connectivity index (χ0v) is 8.52. The molecule has 0 unspecified atom stereocenters. The van der Waals surface area contributed by atoms with Crippen LogP contribution in [0.1, 0.15) is 30.4 Å². The van der Waals surface area contributed by atoms with E-state index in [1.54, 1.807) is 6.07 Å². The van der Waals surface area contributed by atoms with Crippen molar-refractivity contribution in [3.05, 3.63) is 35.1 Å². The first-order valence-electron chi connectivity index (χ1n) is 5.13. The van der Waals surface area contributed by atoms with Crippen molar-refractivity contribution in [2.45, 2.75) is 38.1 Å². The number of hydrogen-bond acceptors (Lipinski definition) is 1. The third-order valence-electron chi connectivity index (χ3n) is 3.20. The van der Waals surface area contributed by atoms with Gasteiger partial charge in [-0.3, -0.25) is 0 Å². The van der Waals surface area contributed by atoms with Crippen LogP contribution in [0.5, 0.6) is 0 Å². The third-order valence-corrected chi connectivity index (χ3v) is 3.20. The van der Waals surface area contributed by atoms with E-state index in [1.165, 1.54) is 18.1 Å². The average molecular weight is 193 g/mol. The van der Waals surface area contributed by atoms with Crippen molar-refractivity contribution in [1.29, 1.82) is 0 Å². The van der Waals surface area contributed by atoms with Crippen LogP contribution in [-0.4, -0.2) is 5.54 Å². The number of halogens is 1. The summed E-state index contributed by atoms with van der Waals surface area (Å²) in [5, 5.41) is 0. The van der Waals surface area contributed by atoms with Crippen molar-refractivity contribution < 1.29 is 4.39 Å². The molecular formula is C12H16FN. The summed E-state index contributed by atoms with van der Waals surface area (Å²) >= 11 is 0. The molecule has 1 aromatic carbocycles. The lowest BCUT2D eigenvalue weighted by atomic mass is 9.73. The van der Waals surface area contributed by atoms with E-state index in [0.29, 0.717) is 0 Å². The molecule has 2 rings (SSSR count). The van der Waals surface area contributed by atoms with Crippen molar-refractivity contribution in [3.63, 3.8) is 0 Å². The van der Waals surface area contributed by atoms with Gasteiger partial charge in [0.15, 0.2) is 0 Å². The summed E-state index contributed by atoms with van der Waals surface area (Å²) < 4.78 is 12.8. The van der Waals surface area contributed by atoms with Crippen molar-refractivity contribution in [1.82, 2.24) is 0 Å². The highest BCUT2D eigenvalue weighted by Crippen LogP contribution is 2.33. The molecule has 0 spiro atoms. The van der Waals surface area contributed by atoms with Crippen molar-refractivity contribution in [2.24, 2.45) is 5.73 Å². The Bertz CT molecular complexity index is 342. The second kappa shape index (κ2) is 3.35. The zero-order valence-electron chi connectivity index (χ0n) is 8.52. The molecule has 1 aliphatic rings. The molecule has 0 saturated heterocycles. The maximum absolute atomic E-state index is 12.8. The van der Waals surface area contributed by atoms with Gasteiger partial charge in [0.2, 0.25) is 0 Å². The molecular weight excluding hydrogens is 177 g/mol. The second-order valence-electron chi connectivity index (χ2n) is 4.46. The molecule has 0 amide bonds. The standard InChI is InChI=1S/C12H16FN/c1-9-7-11(13)4-3-10(9)8-12(14)5-2-6-12/h3-4,7H,2,5-6,8,14H2,1H3. The first-order valence-corrected chi connectivity index (χ1v) is 5.13. The summed E-state index contributed by atoms with van der Waals surface area (Å²) in [6.45, 7) is 1.94. The third kappa shape index (κ3) is 1.80. The SMILES string of the molecule is Cc1cc(F)ccc1CC1(N)CCC1. The van der Waals surface area contributed by atoms with E-state index in [0.717, 1.165) is 24.8 Å². The highest BCUT2D eigenvalue weighted by Gasteiger charge is 2.32. The van der Waals surface area contributed by atoms with Crippen LogP contribution in [0.15, 0.2) is 18.2 Å². The summed E-state index contributed by atoms with van der Waals surface area (Å²) in [7, 11) is 0. The quantitative estimate of drug-likeness (QED) is 0.767. The number of benzene rings is 1. The van der Waals surface area contributed by atoms with Crippen LogP contribution in [-0.2, 0) is 6.42 Å². The molecule has 0 bridgehead atoms. The van der Waals surface area contributed by atoms with Gasteiger partial charge in [0, 0.05) is 5.54 Å². The molecule has 0 heterocycles. The number of nitrogens with two attached hydrogens (primary N) is 1. The first-order chi connectivity index (χ1) is 6.59. The number of hydrogen-bond donors (Lipinski definition) is 1. The van der Waals surface area contributed by atoms with Crippen LogP contribution in [0.25, 0.3) is 0 Å². The van der Waals surface area contributed by atoms with Gasteiger partial charge in [0.1, 0.15) is 5.82 Å². The summed E-state index contributed by atoms with van der Waals surface area (Å²) in [5.74, 6) is -0.161. The van der Waals surface area contributed by atoms with Gasteiger partial charge in [-0.15, -0.1) is 0 Å². The average Bonchev–Trinajstić information content (AvgIpc) is 2.07. The Morgan fingerprint density at radius 2 is 2.14 bits per heavy atom. The van der Waals surface area contributed by atoms with E-state index < -0.39 is 0 Å². The van der Waals surface area contributed by atoms with E-state index in [1.807, 2.05) is 13.0 Å². The fourth-order valence-electron chi connectivity index (χ4n) is 2.04. The van der Waals surface area contributed by atoms with Crippen molar-refractivity contribution in [2.75, 3.05) is 0 Å². The second-order valence-corrected chi connectivity index (χ2v) is 4.46. The maximum Gasteiger partial charge on any atom is 0.123 e. The van der Waals surface area contributed by atoms with Gasteiger partial charge in [-0.1, -0.05) is 6.07 Å². The topological polar surface area (TPSA) is 26.0 Å². The van der Waals surface area contributed by atoms with E-state index in [2.05, 4.69) is 0 Å². The summed E-state index contributed by atoms with van der Waals surface area (Å²) in [6, 6.07) is 4.96. The van der Waals surface area contributed by atoms with Gasteiger partial charge in [0.25, 0.3) is 0 Å². The monoisotopic (exact) mass is 193 g/mol. The summed E-state index contributed by atoms with van der Waals surface area (Å²) in [4.78, 5) is 0. The molecule has 0 aliphatic heterocycles. The van der Waals surface area contributed by atoms with Crippen LogP contribution >= 0.6 is 0 Å². The number of rotatable bonds is 2. The normalized spacial score (nSPS) is 19.1. The van der Waals surface area contributed by atoms with Crippen LogP contribution in [0.2, 0.25) is 0 Å². The molecule has 1 aliphatic carbocycles. The van der Waals surface area contributed by atoms with Crippen LogP contribution in [0.3, 0.4) is 0 Å². The molecule has 0 radical (unpaired) electrons. The minimum atomic E-state index is -0.161. The Hall–Kier alpha value is -0.890. The maximum atomic E-state index is 12.8. The predicted molar refractivity (Wildman–Crippen MR) is 55.6 cm³/mol. The van der Waals surface area contributed by atoms with E-state index in [4.69, 9.17) is 5.73 Å². The lowest BCUT2D eigenvalue weighted by Gasteiger charge is -2.38. The number of aryl methyl sites for hydroxylation is 1. The molecule has 2 heteroatoms. The lowest BCUT2D eigenvalue weighted by molar-refractivity contribution is 0.247. The van der Waals surface area contributed by atoms with Crippen molar-refractivity contribution in [3.8, 4) is 0 Å². The largest absolute Gasteiger partial charge is 0.325 e. The molecule has 14 heavy (non-hydrogen) atoms. The summed E-state index contributed by atoms with van der Waals surface area (Å²) in [6.07, 6.45) is 4.32. The lowest BCUT2D eigenvalue weighted by Crippen LogP contribution is -2.48. The van der Waals surface area contributed by atoms with Gasteiger partial charge in [-0.25, -0.2) is 4.39 Å². The van der Waals surface area contributed by atoms with Gasteiger partial charge >= 0.3 is 0 Å². The van der Waals surface area contributed by atoms with Crippen LogP contribution in [0.4, 0.5) is 4.39 Å². The predicted octanol–water partition coefficient (Wildman–Crippen LogP) is 2.56. The highest BCUT2D eigenvalue weighted by molar-refractivity contribution is 5.28. The van der Waals surface area contributed by atoms with Gasteiger partial charge in [-0.2, -0.15) is 0 Å². The highest BCUT2D eigenvalue weighted by atomic mass is 19.1. The van der Waals surface area contributed by atoms with Crippen LogP contribution < -0.4 is 5.73 Å². The molecule has 76 valence electrons. The van der Waals surface area contributed by atoms with E-state index in [9.17, 15) is 4.39 Å². The zero-order chi connectivity index (χ0) is 10.2. The molecule has 1 nitrogen and oxygen atoms in total. The Morgan fingerprint density at radius 3 is 2.64 bits per heavy atom. The fraction of sp³-hybridized carbons (Fsp3) is 0.500. The molecule has 1 fully saturated rings.